The number of thioether (sulfide) groups is 1. The van der Waals surface area contributed by atoms with Gasteiger partial charge in [-0.1, -0.05) is 104 Å². The molecule has 0 aliphatic rings. The summed E-state index contributed by atoms with van der Waals surface area (Å²) >= 11 is 2.02. The van der Waals surface area contributed by atoms with Gasteiger partial charge in [-0.2, -0.15) is 11.8 Å². The zero-order valence-electron chi connectivity index (χ0n) is 22.2. The summed E-state index contributed by atoms with van der Waals surface area (Å²) < 4.78 is 19.4. The van der Waals surface area contributed by atoms with E-state index in [2.05, 4.69) is 48.5 Å². The first-order valence-electron chi connectivity index (χ1n) is 13.6. The molecule has 0 N–H and O–H groups in total. The van der Waals surface area contributed by atoms with E-state index in [9.17, 15) is 0 Å². The van der Waals surface area contributed by atoms with Gasteiger partial charge in [0.15, 0.2) is 0 Å². The van der Waals surface area contributed by atoms with Crippen LogP contribution in [0.2, 0.25) is 24.2 Å². The normalized spacial score (nSPS) is 13.6. The van der Waals surface area contributed by atoms with Crippen molar-refractivity contribution in [2.24, 2.45) is 0 Å². The lowest BCUT2D eigenvalue weighted by Gasteiger charge is -2.37. The first kappa shape index (κ1) is 31.7. The standard InChI is InChI=1S/C25H56O3SSi2/c1-8-15-16-17-18-19-20-21-23-28-31(26-9-2,27-10-3)25(29-11-4)22-24-30(12-5,13-6)14-7/h25H,8-24H2,1-7H3. The average Bonchev–Trinajstić information content (AvgIpc) is 2.78. The van der Waals surface area contributed by atoms with Gasteiger partial charge in [0.05, 0.1) is 12.9 Å². The third-order valence-corrected chi connectivity index (χ3v) is 18.2. The molecule has 1 atom stereocenters. The molecule has 0 heterocycles. The molecule has 0 aliphatic carbocycles. The molecule has 1 unspecified atom stereocenters. The molecule has 31 heavy (non-hydrogen) atoms. The van der Waals surface area contributed by atoms with Crippen molar-refractivity contribution in [2.45, 2.75) is 135 Å². The Balaban J connectivity index is 4.96. The fourth-order valence-electron chi connectivity index (χ4n) is 4.54. The van der Waals surface area contributed by atoms with Gasteiger partial charge in [-0.3, -0.25) is 0 Å². The minimum Gasteiger partial charge on any atom is -0.373 e. The highest BCUT2D eigenvalue weighted by molar-refractivity contribution is 8.01. The van der Waals surface area contributed by atoms with Crippen molar-refractivity contribution in [1.29, 1.82) is 0 Å². The lowest BCUT2D eigenvalue weighted by Crippen LogP contribution is -2.56. The van der Waals surface area contributed by atoms with Crippen molar-refractivity contribution >= 4 is 28.6 Å². The molecule has 0 amide bonds. The molecule has 0 aliphatic heterocycles. The molecule has 0 saturated carbocycles. The number of unbranched alkanes of at least 4 members (excludes halogenated alkanes) is 7. The van der Waals surface area contributed by atoms with Crippen LogP contribution in [0.4, 0.5) is 0 Å². The van der Waals surface area contributed by atoms with Gasteiger partial charge < -0.3 is 13.3 Å². The maximum atomic E-state index is 6.63. The van der Waals surface area contributed by atoms with Crippen molar-refractivity contribution in [2.75, 3.05) is 25.6 Å². The summed E-state index contributed by atoms with van der Waals surface area (Å²) in [7, 11) is -3.84. The molecule has 0 aromatic heterocycles. The molecule has 188 valence electrons. The van der Waals surface area contributed by atoms with E-state index >= 15 is 0 Å². The third kappa shape index (κ3) is 12.6. The van der Waals surface area contributed by atoms with Crippen LogP contribution in [0.15, 0.2) is 0 Å². The summed E-state index contributed by atoms with van der Waals surface area (Å²) in [5, 5.41) is 0. The smallest absolute Gasteiger partial charge is 0.373 e. The summed E-state index contributed by atoms with van der Waals surface area (Å²) in [5.41, 5.74) is 0. The lowest BCUT2D eigenvalue weighted by molar-refractivity contribution is 0.0635. The monoisotopic (exact) mass is 492 g/mol. The Morgan fingerprint density at radius 2 is 1.16 bits per heavy atom. The fourth-order valence-corrected chi connectivity index (χ4v) is 13.7. The van der Waals surface area contributed by atoms with Crippen LogP contribution in [0.1, 0.15) is 106 Å². The second-order valence-corrected chi connectivity index (χ2v) is 19.1. The maximum Gasteiger partial charge on any atom is 0.514 e. The highest BCUT2D eigenvalue weighted by Gasteiger charge is 2.50. The maximum absolute atomic E-state index is 6.63. The summed E-state index contributed by atoms with van der Waals surface area (Å²) in [4.78, 5) is 0.378. The Morgan fingerprint density at radius 3 is 1.61 bits per heavy atom. The molecule has 0 fully saturated rings. The predicted octanol–water partition coefficient (Wildman–Crippen LogP) is 8.72. The molecule has 3 nitrogen and oxygen atoms in total. The van der Waals surface area contributed by atoms with Crippen LogP contribution in [0, 0.1) is 0 Å². The molecule has 0 spiro atoms. The van der Waals surface area contributed by atoms with E-state index in [1.54, 1.807) is 0 Å². The highest BCUT2D eigenvalue weighted by Crippen LogP contribution is 2.35. The first-order chi connectivity index (χ1) is 15.0. The quantitative estimate of drug-likeness (QED) is 0.105. The van der Waals surface area contributed by atoms with Gasteiger partial charge in [-0.15, -0.1) is 0 Å². The van der Waals surface area contributed by atoms with E-state index in [0.717, 1.165) is 18.8 Å². The van der Waals surface area contributed by atoms with Crippen molar-refractivity contribution < 1.29 is 13.3 Å². The molecule has 0 bridgehead atoms. The van der Waals surface area contributed by atoms with Gasteiger partial charge >= 0.3 is 8.80 Å². The fraction of sp³-hybridized carbons (Fsp3) is 1.00. The summed E-state index contributed by atoms with van der Waals surface area (Å²) in [5.74, 6) is 1.10. The van der Waals surface area contributed by atoms with E-state index in [4.69, 9.17) is 13.3 Å². The minimum absolute atomic E-state index is 0.378. The Bertz CT molecular complexity index is 381. The van der Waals surface area contributed by atoms with Crippen molar-refractivity contribution in [3.63, 3.8) is 0 Å². The van der Waals surface area contributed by atoms with Crippen LogP contribution in [-0.2, 0) is 13.3 Å². The Kier molecular flexibility index (Phi) is 20.5. The first-order valence-corrected chi connectivity index (χ1v) is 19.2. The van der Waals surface area contributed by atoms with Gasteiger partial charge in [0.25, 0.3) is 0 Å². The molecule has 0 saturated heterocycles. The Hall–Kier alpha value is 0.664. The van der Waals surface area contributed by atoms with Crippen LogP contribution in [0.3, 0.4) is 0 Å². The summed E-state index contributed by atoms with van der Waals surface area (Å²) in [6, 6.07) is 5.55. The van der Waals surface area contributed by atoms with Crippen molar-refractivity contribution in [3.8, 4) is 0 Å². The largest absolute Gasteiger partial charge is 0.514 e. The van der Waals surface area contributed by atoms with Crippen LogP contribution < -0.4 is 0 Å². The molecular weight excluding hydrogens is 437 g/mol. The van der Waals surface area contributed by atoms with Crippen LogP contribution in [-0.4, -0.2) is 47.3 Å². The van der Waals surface area contributed by atoms with Crippen LogP contribution in [0.25, 0.3) is 0 Å². The number of rotatable bonds is 23. The van der Waals surface area contributed by atoms with E-state index in [1.165, 1.54) is 75.5 Å². The molecule has 0 radical (unpaired) electrons. The predicted molar refractivity (Wildman–Crippen MR) is 146 cm³/mol. The van der Waals surface area contributed by atoms with Gasteiger partial charge in [0.1, 0.15) is 0 Å². The van der Waals surface area contributed by atoms with Crippen molar-refractivity contribution in [1.82, 2.24) is 0 Å². The Morgan fingerprint density at radius 1 is 0.645 bits per heavy atom. The molecule has 0 aromatic carbocycles. The van der Waals surface area contributed by atoms with Crippen LogP contribution in [0.5, 0.6) is 0 Å². The van der Waals surface area contributed by atoms with E-state index in [0.29, 0.717) is 18.1 Å². The Labute approximate surface area is 202 Å². The van der Waals surface area contributed by atoms with Crippen LogP contribution >= 0.6 is 11.8 Å². The number of hydrogen-bond acceptors (Lipinski definition) is 4. The third-order valence-electron chi connectivity index (χ3n) is 6.94. The second kappa shape index (κ2) is 20.1. The van der Waals surface area contributed by atoms with Gasteiger partial charge in [-0.25, -0.2) is 0 Å². The molecule has 0 rings (SSSR count). The van der Waals surface area contributed by atoms with Gasteiger partial charge in [0, 0.05) is 19.8 Å². The molecule has 6 heteroatoms. The van der Waals surface area contributed by atoms with E-state index < -0.39 is 16.9 Å². The van der Waals surface area contributed by atoms with E-state index in [-0.39, 0.29) is 0 Å². The molecular formula is C25H56O3SSi2. The summed E-state index contributed by atoms with van der Waals surface area (Å²) in [6.07, 6.45) is 11.8. The summed E-state index contributed by atoms with van der Waals surface area (Å²) in [6.45, 7) is 18.1. The van der Waals surface area contributed by atoms with Crippen molar-refractivity contribution in [3.05, 3.63) is 0 Å². The molecule has 0 aromatic rings. The minimum atomic E-state index is -2.68. The zero-order chi connectivity index (χ0) is 23.4. The van der Waals surface area contributed by atoms with Gasteiger partial charge in [0.2, 0.25) is 0 Å². The number of hydrogen-bond donors (Lipinski definition) is 0. The topological polar surface area (TPSA) is 27.7 Å². The highest BCUT2D eigenvalue weighted by atomic mass is 32.2. The zero-order valence-corrected chi connectivity index (χ0v) is 25.0. The second-order valence-electron chi connectivity index (χ2n) is 8.84. The SMILES string of the molecule is CCCCCCCCCCO[Si](OCC)(OCC)C(CC[Si](CC)(CC)CC)SCC. The lowest BCUT2D eigenvalue weighted by atomic mass is 10.1. The van der Waals surface area contributed by atoms with E-state index in [1.807, 2.05) is 11.8 Å². The van der Waals surface area contributed by atoms with Gasteiger partial charge in [-0.05, 0) is 32.4 Å². The average molecular weight is 493 g/mol.